The van der Waals surface area contributed by atoms with Gasteiger partial charge in [0.1, 0.15) is 12.4 Å². The average molecular weight is 382 g/mol. The minimum absolute atomic E-state index is 0.0290. The van der Waals surface area contributed by atoms with Crippen molar-refractivity contribution in [2.24, 2.45) is 0 Å². The smallest absolute Gasteiger partial charge is 0.311 e. The van der Waals surface area contributed by atoms with E-state index < -0.39 is 10.7 Å². The predicted molar refractivity (Wildman–Crippen MR) is 99.3 cm³/mol. The van der Waals surface area contributed by atoms with Gasteiger partial charge in [0, 0.05) is 18.7 Å². The Balaban J connectivity index is 1.87. The Morgan fingerprint density at radius 2 is 1.86 bits per heavy atom. The van der Waals surface area contributed by atoms with Crippen LogP contribution in [0.2, 0.25) is 0 Å². The van der Waals surface area contributed by atoms with Gasteiger partial charge in [0.25, 0.3) is 0 Å². The van der Waals surface area contributed by atoms with Gasteiger partial charge in [0.05, 0.1) is 22.5 Å². The number of carbonyl (C=O) groups is 1. The van der Waals surface area contributed by atoms with E-state index in [0.717, 1.165) is 11.8 Å². The Kier molecular flexibility index (Phi) is 5.54. The third-order valence-corrected chi connectivity index (χ3v) is 3.72. The van der Waals surface area contributed by atoms with Gasteiger partial charge in [0.2, 0.25) is 5.82 Å². The molecule has 0 fully saturated rings. The molecule has 0 aliphatic rings. The van der Waals surface area contributed by atoms with Crippen LogP contribution >= 0.6 is 0 Å². The van der Waals surface area contributed by atoms with Crippen LogP contribution in [0.15, 0.2) is 54.7 Å². The molecule has 28 heavy (non-hydrogen) atoms. The minimum atomic E-state index is -0.549. The minimum Gasteiger partial charge on any atom is -0.461 e. The molecule has 0 atom stereocenters. The maximum absolute atomic E-state index is 13.1. The molecule has 0 unspecified atom stereocenters. The first kappa shape index (κ1) is 18.9. The van der Waals surface area contributed by atoms with E-state index in [-0.39, 0.29) is 24.1 Å². The van der Waals surface area contributed by atoms with Crippen molar-refractivity contribution in [3.63, 3.8) is 0 Å². The lowest BCUT2D eigenvalue weighted by atomic mass is 10.2. The predicted octanol–water partition coefficient (Wildman–Crippen LogP) is 4.00. The molecular formula is C19H15FN4O4. The summed E-state index contributed by atoms with van der Waals surface area (Å²) in [4.78, 5) is 29.8. The summed E-state index contributed by atoms with van der Waals surface area (Å²) in [5.74, 6) is -0.840. The average Bonchev–Trinajstić information content (AvgIpc) is 2.68. The van der Waals surface area contributed by atoms with Crippen LogP contribution in [0.25, 0.3) is 11.4 Å². The number of esters is 1. The summed E-state index contributed by atoms with van der Waals surface area (Å²) in [7, 11) is 0. The van der Waals surface area contributed by atoms with Gasteiger partial charge in [-0.1, -0.05) is 12.1 Å². The summed E-state index contributed by atoms with van der Waals surface area (Å²) < 4.78 is 18.0. The Hall–Kier alpha value is -3.88. The molecule has 142 valence electrons. The second-order valence-electron chi connectivity index (χ2n) is 5.79. The highest BCUT2D eigenvalue weighted by molar-refractivity contribution is 5.70. The van der Waals surface area contributed by atoms with E-state index in [1.807, 2.05) is 0 Å². The third kappa shape index (κ3) is 4.64. The zero-order valence-corrected chi connectivity index (χ0v) is 14.8. The van der Waals surface area contributed by atoms with E-state index in [1.165, 1.54) is 31.2 Å². The first-order chi connectivity index (χ1) is 13.4. The molecule has 1 N–H and O–H groups in total. The van der Waals surface area contributed by atoms with Gasteiger partial charge in [-0.3, -0.25) is 19.9 Å². The van der Waals surface area contributed by atoms with Crippen molar-refractivity contribution in [2.45, 2.75) is 13.5 Å². The van der Waals surface area contributed by atoms with Crippen LogP contribution in [0, 0.1) is 15.9 Å². The van der Waals surface area contributed by atoms with E-state index in [2.05, 4.69) is 15.3 Å². The van der Waals surface area contributed by atoms with Crippen LogP contribution in [0.4, 0.5) is 21.6 Å². The molecule has 1 aromatic carbocycles. The van der Waals surface area contributed by atoms with Crippen molar-refractivity contribution in [2.75, 3.05) is 5.32 Å². The van der Waals surface area contributed by atoms with E-state index in [1.54, 1.807) is 24.3 Å². The van der Waals surface area contributed by atoms with Crippen molar-refractivity contribution >= 4 is 23.2 Å². The number of rotatable bonds is 6. The molecule has 0 amide bonds. The van der Waals surface area contributed by atoms with E-state index in [9.17, 15) is 19.3 Å². The van der Waals surface area contributed by atoms with Gasteiger partial charge in [-0.15, -0.1) is 0 Å². The number of benzene rings is 1. The van der Waals surface area contributed by atoms with Gasteiger partial charge < -0.3 is 10.1 Å². The van der Waals surface area contributed by atoms with Gasteiger partial charge in [-0.25, -0.2) is 9.37 Å². The standard InChI is InChI=1S/C19H15FN4O4/c1-12(25)28-11-13-2-5-15(6-3-13)22-19-18(24(26)27)9-8-17(23-19)16-7-4-14(20)10-21-16/h2-10H,11H2,1H3,(H,22,23). The number of hydrogen-bond acceptors (Lipinski definition) is 7. The first-order valence-corrected chi connectivity index (χ1v) is 8.19. The number of halogens is 1. The molecule has 9 heteroatoms. The Bertz CT molecular complexity index is 1010. The highest BCUT2D eigenvalue weighted by atomic mass is 19.1. The van der Waals surface area contributed by atoms with Crippen LogP contribution in [-0.2, 0) is 16.1 Å². The normalized spacial score (nSPS) is 10.4. The highest BCUT2D eigenvalue weighted by Gasteiger charge is 2.17. The second kappa shape index (κ2) is 8.21. The molecule has 8 nitrogen and oxygen atoms in total. The number of hydrogen-bond donors (Lipinski definition) is 1. The van der Waals surface area contributed by atoms with Gasteiger partial charge >= 0.3 is 11.7 Å². The Labute approximate surface area is 159 Å². The molecule has 0 aliphatic heterocycles. The lowest BCUT2D eigenvalue weighted by Gasteiger charge is -2.09. The largest absolute Gasteiger partial charge is 0.461 e. The third-order valence-electron chi connectivity index (χ3n) is 3.72. The SMILES string of the molecule is CC(=O)OCc1ccc(Nc2nc(-c3ccc(F)cn3)ccc2[N+](=O)[O-])cc1. The number of carbonyl (C=O) groups excluding carboxylic acids is 1. The van der Waals surface area contributed by atoms with Gasteiger partial charge in [-0.05, 0) is 35.9 Å². The molecule has 0 radical (unpaired) electrons. The summed E-state index contributed by atoms with van der Waals surface area (Å²) in [6, 6.07) is 12.3. The van der Waals surface area contributed by atoms with Crippen molar-refractivity contribution in [3.05, 3.63) is 76.2 Å². The molecule has 3 rings (SSSR count). The molecule has 0 spiro atoms. The number of nitrogens with zero attached hydrogens (tertiary/aromatic N) is 3. The topological polar surface area (TPSA) is 107 Å². The number of aromatic nitrogens is 2. The zero-order valence-electron chi connectivity index (χ0n) is 14.8. The molecule has 0 bridgehead atoms. The summed E-state index contributed by atoms with van der Waals surface area (Å²) in [5.41, 5.74) is 1.87. The van der Waals surface area contributed by atoms with Crippen LogP contribution in [0.5, 0.6) is 0 Å². The fourth-order valence-corrected chi connectivity index (χ4v) is 2.37. The van der Waals surface area contributed by atoms with Crippen molar-refractivity contribution in [1.29, 1.82) is 0 Å². The fourth-order valence-electron chi connectivity index (χ4n) is 2.37. The highest BCUT2D eigenvalue weighted by Crippen LogP contribution is 2.29. The van der Waals surface area contributed by atoms with Crippen molar-refractivity contribution < 1.29 is 18.8 Å². The molecule has 0 saturated carbocycles. The number of pyridine rings is 2. The summed E-state index contributed by atoms with van der Waals surface area (Å²) in [6.45, 7) is 1.46. The number of anilines is 2. The molecule has 2 heterocycles. The van der Waals surface area contributed by atoms with E-state index in [0.29, 0.717) is 17.1 Å². The van der Waals surface area contributed by atoms with Gasteiger partial charge in [0.15, 0.2) is 0 Å². The quantitative estimate of drug-likeness (QED) is 0.390. The van der Waals surface area contributed by atoms with Crippen LogP contribution < -0.4 is 5.32 Å². The Morgan fingerprint density at radius 3 is 2.46 bits per heavy atom. The summed E-state index contributed by atoms with van der Waals surface area (Å²) in [6.07, 6.45) is 1.05. The lowest BCUT2D eigenvalue weighted by molar-refractivity contribution is -0.384. The number of ether oxygens (including phenoxy) is 1. The van der Waals surface area contributed by atoms with Crippen LogP contribution in [0.3, 0.4) is 0 Å². The molecule has 3 aromatic rings. The van der Waals surface area contributed by atoms with E-state index >= 15 is 0 Å². The molecule has 0 saturated heterocycles. The first-order valence-electron chi connectivity index (χ1n) is 8.19. The van der Waals surface area contributed by atoms with Gasteiger partial charge in [-0.2, -0.15) is 0 Å². The number of nitrogens with one attached hydrogen (secondary N) is 1. The second-order valence-corrected chi connectivity index (χ2v) is 5.79. The zero-order chi connectivity index (χ0) is 20.1. The van der Waals surface area contributed by atoms with Crippen LogP contribution in [0.1, 0.15) is 12.5 Å². The summed E-state index contributed by atoms with van der Waals surface area (Å²) >= 11 is 0. The van der Waals surface area contributed by atoms with Crippen molar-refractivity contribution in [3.8, 4) is 11.4 Å². The molecule has 0 aliphatic carbocycles. The lowest BCUT2D eigenvalue weighted by Crippen LogP contribution is -2.02. The maximum atomic E-state index is 13.1. The van der Waals surface area contributed by atoms with Crippen molar-refractivity contribution in [1.82, 2.24) is 9.97 Å². The number of nitro groups is 1. The molecule has 2 aromatic heterocycles. The Morgan fingerprint density at radius 1 is 1.14 bits per heavy atom. The fraction of sp³-hybridized carbons (Fsp3) is 0.105. The summed E-state index contributed by atoms with van der Waals surface area (Å²) in [5, 5.41) is 14.2. The van der Waals surface area contributed by atoms with Crippen LogP contribution in [-0.4, -0.2) is 20.9 Å². The molecular weight excluding hydrogens is 367 g/mol. The maximum Gasteiger partial charge on any atom is 0.311 e. The monoisotopic (exact) mass is 382 g/mol. The van der Waals surface area contributed by atoms with E-state index in [4.69, 9.17) is 4.74 Å².